The second-order valence-corrected chi connectivity index (χ2v) is 21.0. The van der Waals surface area contributed by atoms with Gasteiger partial charge in [-0.3, -0.25) is 14.4 Å². The first-order chi connectivity index (χ1) is 34.0. The van der Waals surface area contributed by atoms with Gasteiger partial charge in [-0.2, -0.15) is 0 Å². The summed E-state index contributed by atoms with van der Waals surface area (Å²) in [5.74, 6) is -0.860. The number of rotatable bonds is 57. The summed E-state index contributed by atoms with van der Waals surface area (Å²) in [6.07, 6.45) is 68.9. The van der Waals surface area contributed by atoms with E-state index in [1.54, 1.807) is 0 Å². The smallest absolute Gasteiger partial charge is 0.306 e. The molecule has 0 aromatic carbocycles. The van der Waals surface area contributed by atoms with Gasteiger partial charge < -0.3 is 14.2 Å². The normalized spacial score (nSPS) is 12.1. The number of ether oxygens (including phenoxy) is 3. The summed E-state index contributed by atoms with van der Waals surface area (Å²) in [5, 5.41) is 0. The van der Waals surface area contributed by atoms with Gasteiger partial charge in [-0.05, 0) is 70.6 Å². The van der Waals surface area contributed by atoms with Gasteiger partial charge in [0.15, 0.2) is 6.10 Å². The van der Waals surface area contributed by atoms with E-state index in [0.29, 0.717) is 19.3 Å². The lowest BCUT2D eigenvalue weighted by Crippen LogP contribution is -2.30. The average Bonchev–Trinajstić information content (AvgIpc) is 3.35. The Balaban J connectivity index is 4.33. The molecule has 6 nitrogen and oxygen atoms in total. The van der Waals surface area contributed by atoms with E-state index in [0.717, 1.165) is 64.2 Å². The van der Waals surface area contributed by atoms with Crippen LogP contribution in [0.2, 0.25) is 0 Å². The molecule has 0 radical (unpaired) electrons. The Kier molecular flexibility index (Phi) is 56.7. The van der Waals surface area contributed by atoms with Crippen LogP contribution in [0.15, 0.2) is 24.3 Å². The van der Waals surface area contributed by atoms with Gasteiger partial charge in [0, 0.05) is 19.3 Å². The van der Waals surface area contributed by atoms with Gasteiger partial charge in [0.25, 0.3) is 0 Å². The van der Waals surface area contributed by atoms with Gasteiger partial charge in [-0.1, -0.05) is 276 Å². The van der Waals surface area contributed by atoms with Crippen LogP contribution in [0.3, 0.4) is 0 Å². The summed E-state index contributed by atoms with van der Waals surface area (Å²) in [5.41, 5.74) is 0. The van der Waals surface area contributed by atoms with Crippen LogP contribution in [0.5, 0.6) is 0 Å². The molecule has 1 atom stereocenters. The molecule has 69 heavy (non-hydrogen) atoms. The highest BCUT2D eigenvalue weighted by atomic mass is 16.6. The van der Waals surface area contributed by atoms with E-state index < -0.39 is 6.10 Å². The number of carbonyl (C=O) groups excluding carboxylic acids is 3. The molecule has 0 fully saturated rings. The molecule has 0 aliphatic rings. The Morgan fingerprint density at radius 1 is 0.275 bits per heavy atom. The molecule has 0 saturated heterocycles. The highest BCUT2D eigenvalue weighted by Crippen LogP contribution is 2.17. The third-order valence-electron chi connectivity index (χ3n) is 13.9. The minimum Gasteiger partial charge on any atom is -0.462 e. The van der Waals surface area contributed by atoms with E-state index in [2.05, 4.69) is 45.1 Å². The van der Waals surface area contributed by atoms with Gasteiger partial charge in [-0.15, -0.1) is 0 Å². The standard InChI is InChI=1S/C63H118O6/c1-4-7-10-13-16-19-22-25-28-30-32-35-38-41-44-47-50-53-56-62(65)68-59-60(58-67-61(64)55-52-49-46-43-40-37-34-27-24-21-18-15-12-9-6-3)69-63(66)57-54-51-48-45-42-39-36-33-31-29-26-23-20-17-14-11-8-5-2/h21,24,32,35,60H,4-20,22-23,25-31,33-34,36-59H2,1-3H3/b24-21-,35-32-. The van der Waals surface area contributed by atoms with Crippen LogP contribution in [0.25, 0.3) is 0 Å². The predicted molar refractivity (Wildman–Crippen MR) is 298 cm³/mol. The number of esters is 3. The number of unbranched alkanes of at least 4 members (excludes halogenated alkanes) is 42. The third kappa shape index (κ3) is 56.7. The van der Waals surface area contributed by atoms with Crippen LogP contribution in [-0.4, -0.2) is 37.2 Å². The molecule has 0 amide bonds. The van der Waals surface area contributed by atoms with Crippen molar-refractivity contribution in [3.63, 3.8) is 0 Å². The number of allylic oxidation sites excluding steroid dienone is 4. The van der Waals surface area contributed by atoms with Crippen LogP contribution >= 0.6 is 0 Å². The maximum Gasteiger partial charge on any atom is 0.306 e. The van der Waals surface area contributed by atoms with Crippen molar-refractivity contribution < 1.29 is 28.6 Å². The zero-order valence-electron chi connectivity index (χ0n) is 46.6. The molecule has 406 valence electrons. The molecule has 1 unspecified atom stereocenters. The van der Waals surface area contributed by atoms with Crippen molar-refractivity contribution >= 4 is 17.9 Å². The molecule has 0 aromatic heterocycles. The summed E-state index contributed by atoms with van der Waals surface area (Å²) in [4.78, 5) is 38.2. The molecule has 0 N–H and O–H groups in total. The predicted octanol–water partition coefficient (Wildman–Crippen LogP) is 20.7. The first-order valence-corrected chi connectivity index (χ1v) is 30.8. The highest BCUT2D eigenvalue weighted by molar-refractivity contribution is 5.71. The first kappa shape index (κ1) is 66.9. The Hall–Kier alpha value is -2.11. The third-order valence-corrected chi connectivity index (χ3v) is 13.9. The van der Waals surface area contributed by atoms with Gasteiger partial charge in [-0.25, -0.2) is 0 Å². The summed E-state index contributed by atoms with van der Waals surface area (Å²) in [7, 11) is 0. The molecule has 0 spiro atoms. The molecule has 0 heterocycles. The van der Waals surface area contributed by atoms with Crippen molar-refractivity contribution in [1.82, 2.24) is 0 Å². The molecule has 0 rings (SSSR count). The monoisotopic (exact) mass is 971 g/mol. The van der Waals surface area contributed by atoms with Gasteiger partial charge in [0.2, 0.25) is 0 Å². The minimum atomic E-state index is -0.773. The quantitative estimate of drug-likeness (QED) is 0.0261. The van der Waals surface area contributed by atoms with E-state index in [1.807, 2.05) is 0 Å². The largest absolute Gasteiger partial charge is 0.462 e. The maximum absolute atomic E-state index is 12.9. The molecule has 0 aliphatic carbocycles. The Labute approximate surface area is 430 Å². The molecular weight excluding hydrogens is 853 g/mol. The molecule has 0 saturated carbocycles. The molecule has 0 aromatic rings. The topological polar surface area (TPSA) is 78.9 Å². The second-order valence-electron chi connectivity index (χ2n) is 21.0. The Morgan fingerprint density at radius 2 is 0.478 bits per heavy atom. The number of hydrogen-bond acceptors (Lipinski definition) is 6. The van der Waals surface area contributed by atoms with E-state index in [-0.39, 0.29) is 31.1 Å². The van der Waals surface area contributed by atoms with Gasteiger partial charge >= 0.3 is 17.9 Å². The van der Waals surface area contributed by atoms with Crippen molar-refractivity contribution in [3.8, 4) is 0 Å². The van der Waals surface area contributed by atoms with E-state index in [9.17, 15) is 14.4 Å². The van der Waals surface area contributed by atoms with Crippen molar-refractivity contribution in [2.75, 3.05) is 13.2 Å². The summed E-state index contributed by atoms with van der Waals surface area (Å²) in [6.45, 7) is 6.68. The van der Waals surface area contributed by atoms with Crippen molar-refractivity contribution in [3.05, 3.63) is 24.3 Å². The van der Waals surface area contributed by atoms with Crippen LogP contribution in [0.4, 0.5) is 0 Å². The zero-order chi connectivity index (χ0) is 50.0. The fourth-order valence-corrected chi connectivity index (χ4v) is 9.26. The number of carbonyl (C=O) groups is 3. The fourth-order valence-electron chi connectivity index (χ4n) is 9.26. The number of hydrogen-bond donors (Lipinski definition) is 0. The molecule has 0 bridgehead atoms. The van der Waals surface area contributed by atoms with Crippen LogP contribution in [0.1, 0.15) is 342 Å². The molecule has 6 heteroatoms. The Bertz CT molecular complexity index is 1110. The second kappa shape index (κ2) is 58.5. The van der Waals surface area contributed by atoms with E-state index in [1.165, 1.54) is 238 Å². The fraction of sp³-hybridized carbons (Fsp3) is 0.889. The van der Waals surface area contributed by atoms with Crippen molar-refractivity contribution in [2.45, 2.75) is 348 Å². The SMILES string of the molecule is CCCCCC/C=C\CCCCCCCCCC(=O)OCC(COC(=O)CCCCCCC/C=C\CCCCCCCCCCC)OC(=O)CCCCCCCCCCCCCCCCCCCC. The van der Waals surface area contributed by atoms with Gasteiger partial charge in [0.1, 0.15) is 13.2 Å². The van der Waals surface area contributed by atoms with E-state index >= 15 is 0 Å². The lowest BCUT2D eigenvalue weighted by atomic mass is 10.0. The lowest BCUT2D eigenvalue weighted by molar-refractivity contribution is -0.167. The zero-order valence-corrected chi connectivity index (χ0v) is 46.6. The van der Waals surface area contributed by atoms with Crippen LogP contribution < -0.4 is 0 Å². The Morgan fingerprint density at radius 3 is 0.739 bits per heavy atom. The summed E-state index contributed by atoms with van der Waals surface area (Å²) in [6, 6.07) is 0. The maximum atomic E-state index is 12.9. The van der Waals surface area contributed by atoms with Crippen molar-refractivity contribution in [2.24, 2.45) is 0 Å². The lowest BCUT2D eigenvalue weighted by Gasteiger charge is -2.18. The molecule has 0 aliphatic heterocycles. The first-order valence-electron chi connectivity index (χ1n) is 30.8. The van der Waals surface area contributed by atoms with E-state index in [4.69, 9.17) is 14.2 Å². The highest BCUT2D eigenvalue weighted by Gasteiger charge is 2.19. The summed E-state index contributed by atoms with van der Waals surface area (Å²) >= 11 is 0. The summed E-state index contributed by atoms with van der Waals surface area (Å²) < 4.78 is 16.9. The van der Waals surface area contributed by atoms with Gasteiger partial charge in [0.05, 0.1) is 0 Å². The van der Waals surface area contributed by atoms with Crippen molar-refractivity contribution in [1.29, 1.82) is 0 Å². The van der Waals surface area contributed by atoms with Crippen LogP contribution in [-0.2, 0) is 28.6 Å². The molecular formula is C63H118O6. The van der Waals surface area contributed by atoms with Crippen LogP contribution in [0, 0.1) is 0 Å². The minimum absolute atomic E-state index is 0.0716. The average molecular weight is 972 g/mol.